The first-order chi connectivity index (χ1) is 11.6. The number of hydrogen-bond acceptors (Lipinski definition) is 4. The van der Waals surface area contributed by atoms with Crippen molar-refractivity contribution in [3.63, 3.8) is 0 Å². The van der Waals surface area contributed by atoms with Gasteiger partial charge in [-0.3, -0.25) is 4.79 Å². The van der Waals surface area contributed by atoms with Gasteiger partial charge in [0.05, 0.1) is 12.7 Å². The summed E-state index contributed by atoms with van der Waals surface area (Å²) in [5, 5.41) is 6.54. The van der Waals surface area contributed by atoms with Crippen LogP contribution in [-0.2, 0) is 14.3 Å². The van der Waals surface area contributed by atoms with Crippen molar-refractivity contribution in [1.82, 2.24) is 10.6 Å². The molecule has 140 valence electrons. The van der Waals surface area contributed by atoms with Crippen LogP contribution in [0, 0.1) is 11.3 Å². The Kier molecular flexibility index (Phi) is 7.98. The van der Waals surface area contributed by atoms with E-state index < -0.39 is 0 Å². The number of ether oxygens (including phenoxy) is 2. The SMILES string of the molecule is CCC(OC1CCCC(C)C1)C(=O)NCC1(COC)CCNCC1. The molecule has 24 heavy (non-hydrogen) atoms. The van der Waals surface area contributed by atoms with E-state index in [0.717, 1.165) is 45.2 Å². The molecule has 3 unspecified atom stereocenters. The summed E-state index contributed by atoms with van der Waals surface area (Å²) in [6, 6.07) is 0. The molecule has 5 nitrogen and oxygen atoms in total. The Morgan fingerprint density at radius 2 is 2.08 bits per heavy atom. The van der Waals surface area contributed by atoms with E-state index in [1.165, 1.54) is 12.8 Å². The smallest absolute Gasteiger partial charge is 0.249 e. The van der Waals surface area contributed by atoms with E-state index >= 15 is 0 Å². The highest BCUT2D eigenvalue weighted by molar-refractivity contribution is 5.80. The average Bonchev–Trinajstić information content (AvgIpc) is 2.59. The Morgan fingerprint density at radius 3 is 2.71 bits per heavy atom. The van der Waals surface area contributed by atoms with Crippen molar-refractivity contribution in [1.29, 1.82) is 0 Å². The first kappa shape index (κ1) is 19.7. The molecule has 1 aliphatic heterocycles. The maximum atomic E-state index is 12.6. The molecule has 1 saturated heterocycles. The minimum atomic E-state index is -0.318. The van der Waals surface area contributed by atoms with Crippen molar-refractivity contribution in [2.45, 2.75) is 71.0 Å². The minimum absolute atomic E-state index is 0.0461. The molecule has 1 aliphatic carbocycles. The molecule has 0 bridgehead atoms. The molecule has 1 amide bonds. The van der Waals surface area contributed by atoms with E-state index in [1.54, 1.807) is 7.11 Å². The molecule has 2 aliphatic rings. The number of rotatable bonds is 8. The zero-order chi connectivity index (χ0) is 17.4. The Hall–Kier alpha value is -0.650. The van der Waals surface area contributed by atoms with Crippen LogP contribution in [0.2, 0.25) is 0 Å². The van der Waals surface area contributed by atoms with E-state index in [4.69, 9.17) is 9.47 Å². The third-order valence-corrected chi connectivity index (χ3v) is 5.66. The van der Waals surface area contributed by atoms with Crippen LogP contribution in [0.25, 0.3) is 0 Å². The van der Waals surface area contributed by atoms with Gasteiger partial charge in [-0.25, -0.2) is 0 Å². The lowest BCUT2D eigenvalue weighted by atomic mass is 9.79. The molecule has 3 atom stereocenters. The van der Waals surface area contributed by atoms with Crippen molar-refractivity contribution in [3.05, 3.63) is 0 Å². The van der Waals surface area contributed by atoms with Gasteiger partial charge >= 0.3 is 0 Å². The quantitative estimate of drug-likeness (QED) is 0.713. The predicted octanol–water partition coefficient (Wildman–Crippen LogP) is 2.49. The molecule has 0 radical (unpaired) electrons. The van der Waals surface area contributed by atoms with Crippen molar-refractivity contribution in [2.24, 2.45) is 11.3 Å². The van der Waals surface area contributed by atoms with Gasteiger partial charge in [-0.2, -0.15) is 0 Å². The van der Waals surface area contributed by atoms with E-state index in [1.807, 2.05) is 6.92 Å². The molecule has 1 saturated carbocycles. The molecule has 2 rings (SSSR count). The van der Waals surface area contributed by atoms with Crippen molar-refractivity contribution in [3.8, 4) is 0 Å². The molecule has 5 heteroatoms. The van der Waals surface area contributed by atoms with Crippen LogP contribution in [0.1, 0.15) is 58.8 Å². The fourth-order valence-electron chi connectivity index (χ4n) is 4.10. The highest BCUT2D eigenvalue weighted by atomic mass is 16.5. The van der Waals surface area contributed by atoms with Crippen molar-refractivity contribution < 1.29 is 14.3 Å². The Balaban J connectivity index is 1.83. The maximum absolute atomic E-state index is 12.6. The van der Waals surface area contributed by atoms with Crippen LogP contribution in [0.4, 0.5) is 0 Å². The van der Waals surface area contributed by atoms with Gasteiger partial charge in [-0.15, -0.1) is 0 Å². The number of carbonyl (C=O) groups excluding carboxylic acids is 1. The van der Waals surface area contributed by atoms with E-state index in [2.05, 4.69) is 17.6 Å². The van der Waals surface area contributed by atoms with Crippen LogP contribution in [0.15, 0.2) is 0 Å². The van der Waals surface area contributed by atoms with E-state index in [9.17, 15) is 4.79 Å². The predicted molar refractivity (Wildman–Crippen MR) is 96.0 cm³/mol. The molecule has 0 aromatic heterocycles. The second-order valence-electron chi connectivity index (χ2n) is 7.83. The molecule has 2 N–H and O–H groups in total. The summed E-state index contributed by atoms with van der Waals surface area (Å²) in [6.07, 6.45) is 7.42. The van der Waals surface area contributed by atoms with E-state index in [-0.39, 0.29) is 23.5 Å². The lowest BCUT2D eigenvalue weighted by Crippen LogP contribution is -2.49. The maximum Gasteiger partial charge on any atom is 0.249 e. The average molecular weight is 341 g/mol. The van der Waals surface area contributed by atoms with Gasteiger partial charge in [0.2, 0.25) is 5.91 Å². The fraction of sp³-hybridized carbons (Fsp3) is 0.947. The highest BCUT2D eigenvalue weighted by Gasteiger charge is 2.33. The van der Waals surface area contributed by atoms with E-state index in [0.29, 0.717) is 19.1 Å². The Labute approximate surface area is 147 Å². The minimum Gasteiger partial charge on any atom is -0.384 e. The second-order valence-corrected chi connectivity index (χ2v) is 7.83. The van der Waals surface area contributed by atoms with Gasteiger partial charge in [0, 0.05) is 19.1 Å². The molecule has 2 fully saturated rings. The number of piperidine rings is 1. The molecule has 0 aromatic carbocycles. The lowest BCUT2D eigenvalue weighted by molar-refractivity contribution is -0.139. The number of amides is 1. The van der Waals surface area contributed by atoms with Crippen LogP contribution < -0.4 is 10.6 Å². The summed E-state index contributed by atoms with van der Waals surface area (Å²) in [7, 11) is 1.74. The molecular weight excluding hydrogens is 304 g/mol. The van der Waals surface area contributed by atoms with Gasteiger partial charge in [-0.1, -0.05) is 26.7 Å². The molecule has 1 heterocycles. The zero-order valence-electron chi connectivity index (χ0n) is 15.7. The fourth-order valence-corrected chi connectivity index (χ4v) is 4.10. The Bertz CT molecular complexity index is 377. The summed E-state index contributed by atoms with van der Waals surface area (Å²) in [5.74, 6) is 0.758. The molecule has 0 aromatic rings. The number of nitrogens with one attached hydrogen (secondary N) is 2. The summed E-state index contributed by atoms with van der Waals surface area (Å²) in [6.45, 7) is 7.68. The number of methoxy groups -OCH3 is 1. The lowest BCUT2D eigenvalue weighted by Gasteiger charge is -2.37. The van der Waals surface area contributed by atoms with Gasteiger partial charge in [0.15, 0.2) is 0 Å². The van der Waals surface area contributed by atoms with Gasteiger partial charge in [-0.05, 0) is 51.1 Å². The third kappa shape index (κ3) is 5.71. The van der Waals surface area contributed by atoms with Gasteiger partial charge < -0.3 is 20.1 Å². The first-order valence-corrected chi connectivity index (χ1v) is 9.71. The van der Waals surface area contributed by atoms with Crippen molar-refractivity contribution in [2.75, 3.05) is 33.4 Å². The van der Waals surface area contributed by atoms with Gasteiger partial charge in [0.1, 0.15) is 6.10 Å². The Morgan fingerprint density at radius 1 is 1.33 bits per heavy atom. The summed E-state index contributed by atoms with van der Waals surface area (Å²) in [5.41, 5.74) is 0.0628. The second kappa shape index (κ2) is 9.73. The normalized spacial score (nSPS) is 28.3. The largest absolute Gasteiger partial charge is 0.384 e. The van der Waals surface area contributed by atoms with Gasteiger partial charge in [0.25, 0.3) is 0 Å². The van der Waals surface area contributed by atoms with Crippen LogP contribution in [0.5, 0.6) is 0 Å². The standard InChI is InChI=1S/C19H36N2O3/c1-4-17(24-16-7-5-6-15(2)12-16)18(22)21-13-19(14-23-3)8-10-20-11-9-19/h15-17,20H,4-14H2,1-3H3,(H,21,22). The van der Waals surface area contributed by atoms with Crippen LogP contribution >= 0.6 is 0 Å². The number of hydrogen-bond donors (Lipinski definition) is 2. The third-order valence-electron chi connectivity index (χ3n) is 5.66. The summed E-state index contributed by atoms with van der Waals surface area (Å²) in [4.78, 5) is 12.6. The van der Waals surface area contributed by atoms with Crippen LogP contribution in [-0.4, -0.2) is 51.5 Å². The topological polar surface area (TPSA) is 59.6 Å². The molecular formula is C19H36N2O3. The molecule has 0 spiro atoms. The number of carbonyl (C=O) groups is 1. The van der Waals surface area contributed by atoms with Crippen LogP contribution in [0.3, 0.4) is 0 Å². The monoisotopic (exact) mass is 340 g/mol. The highest BCUT2D eigenvalue weighted by Crippen LogP contribution is 2.29. The zero-order valence-corrected chi connectivity index (χ0v) is 15.7. The van der Waals surface area contributed by atoms with Crippen molar-refractivity contribution >= 4 is 5.91 Å². The summed E-state index contributed by atoms with van der Waals surface area (Å²) < 4.78 is 11.6. The first-order valence-electron chi connectivity index (χ1n) is 9.71. The summed E-state index contributed by atoms with van der Waals surface area (Å²) >= 11 is 0.